The van der Waals surface area contributed by atoms with E-state index in [1.165, 1.54) is 25.3 Å². The van der Waals surface area contributed by atoms with Crippen LogP contribution in [-0.4, -0.2) is 62.7 Å². The number of aromatic hydroxyl groups is 1. The minimum atomic E-state index is -4.87. The molecule has 2 heterocycles. The number of alkyl halides is 3. The molecule has 3 aromatic rings. The van der Waals surface area contributed by atoms with Gasteiger partial charge in [-0.25, -0.2) is 0 Å². The van der Waals surface area contributed by atoms with E-state index in [9.17, 15) is 27.9 Å². The van der Waals surface area contributed by atoms with Gasteiger partial charge >= 0.3 is 12.3 Å². The van der Waals surface area contributed by atoms with E-state index in [4.69, 9.17) is 13.9 Å². The van der Waals surface area contributed by atoms with E-state index in [-0.39, 0.29) is 24.5 Å². The zero-order valence-corrected chi connectivity index (χ0v) is 21.9. The van der Waals surface area contributed by atoms with Crippen molar-refractivity contribution in [3.63, 3.8) is 0 Å². The number of methoxy groups -OCH3 is 2. The number of carbonyl (C=O) groups excluding carboxylic acids is 1. The lowest BCUT2D eigenvalue weighted by Gasteiger charge is -2.36. The van der Waals surface area contributed by atoms with Crippen LogP contribution in [-0.2, 0) is 16.1 Å². The fraction of sp³-hybridized carbons (Fsp3) is 0.357. The number of hydrogen-bond acceptors (Lipinski definition) is 9. The average Bonchev–Trinajstić information content (AvgIpc) is 2.94. The monoisotopic (exact) mass is 562 g/mol. The van der Waals surface area contributed by atoms with Crippen LogP contribution >= 0.6 is 0 Å². The Morgan fingerprint density at radius 2 is 1.62 bits per heavy atom. The summed E-state index contributed by atoms with van der Waals surface area (Å²) < 4.78 is 57.6. The van der Waals surface area contributed by atoms with Crippen LogP contribution in [0.15, 0.2) is 63.8 Å². The molecule has 40 heavy (non-hydrogen) atoms. The van der Waals surface area contributed by atoms with Gasteiger partial charge in [0.1, 0.15) is 17.3 Å². The van der Waals surface area contributed by atoms with Crippen molar-refractivity contribution >= 4 is 11.7 Å². The van der Waals surface area contributed by atoms with Crippen LogP contribution < -0.4 is 19.8 Å². The van der Waals surface area contributed by atoms with Crippen molar-refractivity contribution in [3.05, 3.63) is 81.9 Å². The summed E-state index contributed by atoms with van der Waals surface area (Å²) in [4.78, 5) is 29.2. The first-order chi connectivity index (χ1) is 19.1. The highest BCUT2D eigenvalue weighted by molar-refractivity contribution is 5.71. The molecule has 1 aliphatic heterocycles. The van der Waals surface area contributed by atoms with Crippen LogP contribution in [0.25, 0.3) is 0 Å². The molecule has 0 aliphatic carbocycles. The number of anilines is 1. The molecule has 0 bridgehead atoms. The molecule has 0 amide bonds. The highest BCUT2D eigenvalue weighted by atomic mass is 19.4. The molecule has 2 aromatic carbocycles. The Kier molecular flexibility index (Phi) is 8.88. The van der Waals surface area contributed by atoms with Crippen molar-refractivity contribution in [3.8, 4) is 17.2 Å². The van der Waals surface area contributed by atoms with Crippen LogP contribution in [0, 0.1) is 0 Å². The minimum Gasteiger partial charge on any atom is -0.502 e. The number of halogens is 3. The number of benzene rings is 2. The van der Waals surface area contributed by atoms with E-state index in [1.54, 1.807) is 7.11 Å². The standard InChI is InChI=1S/C28H29F3N2O7/c1-37-20-9-5-19(6-10-20)33-13-11-32(12-14-33)17-22-15-24(34)26(36)27(39-22)23(16-25(35)38-2)18-3-7-21(8-4-18)40-28(29,30)31/h3-10,15,23,36H,11-14,16-17H2,1-2H3. The van der Waals surface area contributed by atoms with Gasteiger partial charge < -0.3 is 28.6 Å². The van der Waals surface area contributed by atoms with Gasteiger partial charge in [0.15, 0.2) is 5.76 Å². The van der Waals surface area contributed by atoms with Gasteiger partial charge in [-0.15, -0.1) is 13.2 Å². The SMILES string of the molecule is COC(=O)CC(c1ccc(OC(F)(F)F)cc1)c1oc(CN2CCN(c3ccc(OC)cc3)CC2)cc(=O)c1O. The predicted octanol–water partition coefficient (Wildman–Crippen LogP) is 4.27. The fourth-order valence-corrected chi connectivity index (χ4v) is 4.56. The Labute approximate surface area is 228 Å². The summed E-state index contributed by atoms with van der Waals surface area (Å²) >= 11 is 0. The molecule has 1 aromatic heterocycles. The molecule has 1 N–H and O–H groups in total. The van der Waals surface area contributed by atoms with Gasteiger partial charge in [-0.2, -0.15) is 0 Å². The van der Waals surface area contributed by atoms with E-state index in [2.05, 4.69) is 14.5 Å². The van der Waals surface area contributed by atoms with Gasteiger partial charge in [-0.05, 0) is 42.0 Å². The van der Waals surface area contributed by atoms with Crippen LogP contribution in [0.1, 0.15) is 29.4 Å². The van der Waals surface area contributed by atoms with Gasteiger partial charge in [0.2, 0.25) is 11.2 Å². The molecule has 1 unspecified atom stereocenters. The number of nitrogens with zero attached hydrogens (tertiary/aromatic N) is 2. The maximum atomic E-state index is 12.7. The third-order valence-electron chi connectivity index (χ3n) is 6.62. The maximum Gasteiger partial charge on any atom is 0.573 e. The zero-order valence-electron chi connectivity index (χ0n) is 21.9. The first-order valence-electron chi connectivity index (χ1n) is 12.5. The van der Waals surface area contributed by atoms with Crippen molar-refractivity contribution in [2.45, 2.75) is 25.2 Å². The molecule has 0 spiro atoms. The second-order valence-electron chi connectivity index (χ2n) is 9.20. The van der Waals surface area contributed by atoms with E-state index in [0.717, 1.165) is 36.7 Å². The average molecular weight is 563 g/mol. The lowest BCUT2D eigenvalue weighted by molar-refractivity contribution is -0.274. The summed E-state index contributed by atoms with van der Waals surface area (Å²) in [6.07, 6.45) is -5.19. The molecule has 214 valence electrons. The summed E-state index contributed by atoms with van der Waals surface area (Å²) in [6.45, 7) is 3.11. The molecule has 1 atom stereocenters. The largest absolute Gasteiger partial charge is 0.573 e. The molecule has 0 saturated carbocycles. The first-order valence-corrected chi connectivity index (χ1v) is 12.5. The summed E-state index contributed by atoms with van der Waals surface area (Å²) in [7, 11) is 2.79. The lowest BCUT2D eigenvalue weighted by Crippen LogP contribution is -2.46. The quantitative estimate of drug-likeness (QED) is 0.383. The number of piperazine rings is 1. The van der Waals surface area contributed by atoms with Crippen LogP contribution in [0.2, 0.25) is 0 Å². The van der Waals surface area contributed by atoms with Gasteiger partial charge in [0.25, 0.3) is 0 Å². The molecule has 9 nitrogen and oxygen atoms in total. The summed E-state index contributed by atoms with van der Waals surface area (Å²) in [5.41, 5.74) is 0.694. The summed E-state index contributed by atoms with van der Waals surface area (Å²) in [6, 6.07) is 13.7. The number of carbonyl (C=O) groups is 1. The second kappa shape index (κ2) is 12.3. The van der Waals surface area contributed by atoms with Crippen LogP contribution in [0.3, 0.4) is 0 Å². The second-order valence-corrected chi connectivity index (χ2v) is 9.20. The molecule has 1 aliphatic rings. The normalized spacial score (nSPS) is 15.0. The lowest BCUT2D eigenvalue weighted by atomic mass is 9.92. The minimum absolute atomic E-state index is 0.172. The molecule has 1 fully saturated rings. The van der Waals surface area contributed by atoms with Gasteiger partial charge in [-0.3, -0.25) is 14.5 Å². The predicted molar refractivity (Wildman–Crippen MR) is 139 cm³/mol. The smallest absolute Gasteiger partial charge is 0.502 e. The van der Waals surface area contributed by atoms with Gasteiger partial charge in [0, 0.05) is 37.9 Å². The van der Waals surface area contributed by atoms with Crippen molar-refractivity contribution in [1.82, 2.24) is 4.90 Å². The fourth-order valence-electron chi connectivity index (χ4n) is 4.56. The Balaban J connectivity index is 1.53. The molecular weight excluding hydrogens is 533 g/mol. The maximum absolute atomic E-state index is 12.7. The number of hydrogen-bond donors (Lipinski definition) is 1. The molecule has 12 heteroatoms. The third kappa shape index (κ3) is 7.26. The van der Waals surface area contributed by atoms with Crippen LogP contribution in [0.5, 0.6) is 17.2 Å². The van der Waals surface area contributed by atoms with E-state index in [0.29, 0.717) is 18.7 Å². The van der Waals surface area contributed by atoms with E-state index in [1.807, 2.05) is 24.3 Å². The summed E-state index contributed by atoms with van der Waals surface area (Å²) in [5, 5.41) is 10.6. The number of esters is 1. The van der Waals surface area contributed by atoms with E-state index >= 15 is 0 Å². The highest BCUT2D eigenvalue weighted by Gasteiger charge is 2.32. The Hall–Kier alpha value is -4.19. The first kappa shape index (κ1) is 28.8. The Bertz CT molecular complexity index is 1350. The van der Waals surface area contributed by atoms with Crippen molar-refractivity contribution < 1.29 is 41.7 Å². The number of ether oxygens (including phenoxy) is 3. The third-order valence-corrected chi connectivity index (χ3v) is 6.62. The Morgan fingerprint density at radius 1 is 1.00 bits per heavy atom. The van der Waals surface area contributed by atoms with E-state index < -0.39 is 35.2 Å². The Morgan fingerprint density at radius 3 is 2.20 bits per heavy atom. The topological polar surface area (TPSA) is 102 Å². The zero-order chi connectivity index (χ0) is 28.9. The van der Waals surface area contributed by atoms with Crippen LogP contribution in [0.4, 0.5) is 18.9 Å². The van der Waals surface area contributed by atoms with Crippen molar-refractivity contribution in [2.75, 3.05) is 45.3 Å². The molecule has 1 saturated heterocycles. The number of rotatable bonds is 9. The molecule has 0 radical (unpaired) electrons. The highest BCUT2D eigenvalue weighted by Crippen LogP contribution is 2.35. The van der Waals surface area contributed by atoms with Gasteiger partial charge in [0.05, 0.1) is 33.1 Å². The molecule has 4 rings (SSSR count). The van der Waals surface area contributed by atoms with Crippen molar-refractivity contribution in [1.29, 1.82) is 0 Å². The van der Waals surface area contributed by atoms with Gasteiger partial charge in [-0.1, -0.05) is 12.1 Å². The summed E-state index contributed by atoms with van der Waals surface area (Å²) in [5.74, 6) is -1.91. The van der Waals surface area contributed by atoms with Crippen molar-refractivity contribution in [2.24, 2.45) is 0 Å². The molecular formula is C28H29F3N2O7.